The number of rotatable bonds is 4. The Morgan fingerprint density at radius 1 is 0.960 bits per heavy atom. The lowest BCUT2D eigenvalue weighted by Gasteiger charge is -2.04. The molecule has 1 heterocycles. The molecule has 0 fully saturated rings. The Labute approximate surface area is 154 Å². The smallest absolute Gasteiger partial charge is 0.291 e. The molecule has 0 unspecified atom stereocenters. The second kappa shape index (κ2) is 7.13. The van der Waals surface area contributed by atoms with Crippen LogP contribution in [0.15, 0.2) is 59.0 Å². The van der Waals surface area contributed by atoms with Gasteiger partial charge in [0.05, 0.1) is 10.0 Å². The number of Topliss-reactive ketones (excluding diaryl/α,β-unsaturated/α-hetero) is 1. The quantitative estimate of drug-likeness (QED) is 0.595. The molecule has 0 saturated heterocycles. The highest BCUT2D eigenvalue weighted by Gasteiger charge is 2.15. The van der Waals surface area contributed by atoms with Crippen LogP contribution in [0.5, 0.6) is 0 Å². The van der Waals surface area contributed by atoms with E-state index in [1.165, 1.54) is 6.92 Å². The molecule has 0 aliphatic rings. The van der Waals surface area contributed by atoms with E-state index in [1.807, 2.05) is 0 Å². The minimum Gasteiger partial charge on any atom is -0.451 e. The summed E-state index contributed by atoms with van der Waals surface area (Å²) in [6.45, 7) is 1.49. The number of anilines is 1. The van der Waals surface area contributed by atoms with Gasteiger partial charge in [0.25, 0.3) is 5.91 Å². The lowest BCUT2D eigenvalue weighted by molar-refractivity contribution is 0.0995. The van der Waals surface area contributed by atoms with Gasteiger partial charge in [0.1, 0.15) is 5.76 Å². The fraction of sp³-hybridized carbons (Fsp3) is 0.0526. The Bertz CT molecular complexity index is 946. The Morgan fingerprint density at radius 2 is 1.68 bits per heavy atom. The van der Waals surface area contributed by atoms with Gasteiger partial charge in [0.15, 0.2) is 11.5 Å². The number of carbonyl (C=O) groups excluding carboxylic acids is 2. The molecule has 0 bridgehead atoms. The summed E-state index contributed by atoms with van der Waals surface area (Å²) in [5, 5.41) is 3.49. The summed E-state index contributed by atoms with van der Waals surface area (Å²) in [5.41, 5.74) is 1.75. The number of amides is 1. The predicted molar refractivity (Wildman–Crippen MR) is 98.6 cm³/mol. The first kappa shape index (κ1) is 17.3. The summed E-state index contributed by atoms with van der Waals surface area (Å²) < 4.78 is 5.59. The topological polar surface area (TPSA) is 59.3 Å². The molecule has 1 amide bonds. The number of halogens is 2. The van der Waals surface area contributed by atoms with Crippen LogP contribution in [-0.2, 0) is 0 Å². The third kappa shape index (κ3) is 3.76. The third-order valence-electron chi connectivity index (χ3n) is 3.60. The van der Waals surface area contributed by atoms with Gasteiger partial charge in [0.2, 0.25) is 0 Å². The molecule has 0 aliphatic heterocycles. The van der Waals surface area contributed by atoms with Gasteiger partial charge in [-0.2, -0.15) is 0 Å². The normalized spacial score (nSPS) is 10.5. The standard InChI is InChI=1S/C19H13Cl2NO3/c1-11(23)12-5-7-13(8-6-12)22-19(24)17-10-9-16(25-17)14-3-2-4-15(20)18(14)21/h2-10H,1H3,(H,22,24). The van der Waals surface area contributed by atoms with Gasteiger partial charge in [0, 0.05) is 16.8 Å². The molecule has 126 valence electrons. The molecule has 0 radical (unpaired) electrons. The molecular formula is C19H13Cl2NO3. The Balaban J connectivity index is 1.79. The van der Waals surface area contributed by atoms with Crippen LogP contribution in [0.1, 0.15) is 27.8 Å². The zero-order chi connectivity index (χ0) is 18.0. The minimum absolute atomic E-state index is 0.0352. The highest BCUT2D eigenvalue weighted by atomic mass is 35.5. The maximum atomic E-state index is 12.3. The highest BCUT2D eigenvalue weighted by Crippen LogP contribution is 2.34. The van der Waals surface area contributed by atoms with E-state index in [9.17, 15) is 9.59 Å². The van der Waals surface area contributed by atoms with Crippen molar-refractivity contribution in [1.29, 1.82) is 0 Å². The summed E-state index contributed by atoms with van der Waals surface area (Å²) in [5.74, 6) is 0.151. The molecule has 3 aromatic rings. The zero-order valence-electron chi connectivity index (χ0n) is 13.2. The van der Waals surface area contributed by atoms with Gasteiger partial charge in [-0.15, -0.1) is 0 Å². The molecule has 0 atom stereocenters. The van der Waals surface area contributed by atoms with Crippen LogP contribution in [0.3, 0.4) is 0 Å². The SMILES string of the molecule is CC(=O)c1ccc(NC(=O)c2ccc(-c3cccc(Cl)c3Cl)o2)cc1. The lowest BCUT2D eigenvalue weighted by Crippen LogP contribution is -2.10. The van der Waals surface area contributed by atoms with Crippen LogP contribution in [0.2, 0.25) is 10.0 Å². The van der Waals surface area contributed by atoms with E-state index in [0.29, 0.717) is 32.6 Å². The van der Waals surface area contributed by atoms with Gasteiger partial charge in [-0.1, -0.05) is 29.3 Å². The number of hydrogen-bond acceptors (Lipinski definition) is 3. The van der Waals surface area contributed by atoms with Crippen molar-refractivity contribution >= 4 is 40.6 Å². The number of ketones is 1. The molecule has 3 rings (SSSR count). The molecule has 0 spiro atoms. The van der Waals surface area contributed by atoms with Crippen LogP contribution in [0, 0.1) is 0 Å². The van der Waals surface area contributed by atoms with Crippen molar-refractivity contribution < 1.29 is 14.0 Å². The first-order valence-corrected chi connectivity index (χ1v) is 8.18. The zero-order valence-corrected chi connectivity index (χ0v) is 14.7. The van der Waals surface area contributed by atoms with Gasteiger partial charge >= 0.3 is 0 Å². The van der Waals surface area contributed by atoms with Crippen molar-refractivity contribution in [2.24, 2.45) is 0 Å². The summed E-state index contributed by atoms with van der Waals surface area (Å²) in [6, 6.07) is 15.0. The predicted octanol–water partition coefficient (Wildman–Crippen LogP) is 5.71. The molecule has 4 nitrogen and oxygen atoms in total. The van der Waals surface area contributed by atoms with Crippen LogP contribution >= 0.6 is 23.2 Å². The van der Waals surface area contributed by atoms with E-state index in [2.05, 4.69) is 5.32 Å². The van der Waals surface area contributed by atoms with Crippen LogP contribution < -0.4 is 5.32 Å². The first-order chi connectivity index (χ1) is 12.0. The fourth-order valence-corrected chi connectivity index (χ4v) is 2.67. The van der Waals surface area contributed by atoms with E-state index in [4.69, 9.17) is 27.6 Å². The molecule has 0 saturated carbocycles. The number of nitrogens with one attached hydrogen (secondary N) is 1. The summed E-state index contributed by atoms with van der Waals surface area (Å²) in [4.78, 5) is 23.6. The van der Waals surface area contributed by atoms with Crippen molar-refractivity contribution in [2.45, 2.75) is 6.92 Å². The summed E-state index contributed by atoms with van der Waals surface area (Å²) in [7, 11) is 0. The molecule has 0 aliphatic carbocycles. The second-order valence-corrected chi connectivity index (χ2v) is 6.14. The lowest BCUT2D eigenvalue weighted by atomic mass is 10.1. The Hall–Kier alpha value is -2.56. The van der Waals surface area contributed by atoms with Crippen LogP contribution in [0.4, 0.5) is 5.69 Å². The van der Waals surface area contributed by atoms with E-state index in [1.54, 1.807) is 54.6 Å². The van der Waals surface area contributed by atoms with Gasteiger partial charge < -0.3 is 9.73 Å². The monoisotopic (exact) mass is 373 g/mol. The Morgan fingerprint density at radius 3 is 2.36 bits per heavy atom. The molecule has 1 N–H and O–H groups in total. The van der Waals surface area contributed by atoms with E-state index >= 15 is 0 Å². The molecule has 6 heteroatoms. The van der Waals surface area contributed by atoms with E-state index < -0.39 is 5.91 Å². The van der Waals surface area contributed by atoms with Crippen molar-refractivity contribution in [3.63, 3.8) is 0 Å². The average molecular weight is 374 g/mol. The first-order valence-electron chi connectivity index (χ1n) is 7.42. The van der Waals surface area contributed by atoms with Crippen molar-refractivity contribution in [1.82, 2.24) is 0 Å². The van der Waals surface area contributed by atoms with Gasteiger partial charge in [-0.05, 0) is 55.5 Å². The molecular weight excluding hydrogens is 361 g/mol. The second-order valence-electron chi connectivity index (χ2n) is 5.35. The largest absolute Gasteiger partial charge is 0.451 e. The maximum absolute atomic E-state index is 12.3. The maximum Gasteiger partial charge on any atom is 0.291 e. The third-order valence-corrected chi connectivity index (χ3v) is 4.42. The van der Waals surface area contributed by atoms with Crippen molar-refractivity contribution in [2.75, 3.05) is 5.32 Å². The minimum atomic E-state index is -0.403. The van der Waals surface area contributed by atoms with Crippen molar-refractivity contribution in [3.05, 3.63) is 76.0 Å². The van der Waals surface area contributed by atoms with Crippen molar-refractivity contribution in [3.8, 4) is 11.3 Å². The van der Waals surface area contributed by atoms with Crippen LogP contribution in [0.25, 0.3) is 11.3 Å². The number of benzene rings is 2. The highest BCUT2D eigenvalue weighted by molar-refractivity contribution is 6.43. The Kier molecular flexibility index (Phi) is 4.93. The van der Waals surface area contributed by atoms with E-state index in [0.717, 1.165) is 0 Å². The van der Waals surface area contributed by atoms with Gasteiger partial charge in [-0.3, -0.25) is 9.59 Å². The number of hydrogen-bond donors (Lipinski definition) is 1. The van der Waals surface area contributed by atoms with E-state index in [-0.39, 0.29) is 11.5 Å². The molecule has 1 aromatic heterocycles. The van der Waals surface area contributed by atoms with Crippen LogP contribution in [-0.4, -0.2) is 11.7 Å². The number of carbonyl (C=O) groups is 2. The summed E-state index contributed by atoms with van der Waals surface area (Å²) >= 11 is 12.2. The van der Waals surface area contributed by atoms with Gasteiger partial charge in [-0.25, -0.2) is 0 Å². The summed E-state index contributed by atoms with van der Waals surface area (Å²) in [6.07, 6.45) is 0. The number of furan rings is 1. The average Bonchev–Trinajstić information content (AvgIpc) is 3.08. The fourth-order valence-electron chi connectivity index (χ4n) is 2.28. The molecule has 2 aromatic carbocycles. The molecule has 25 heavy (non-hydrogen) atoms.